The number of benzene rings is 2. The van der Waals surface area contributed by atoms with Crippen LogP contribution in [0.4, 0.5) is 17.6 Å². The van der Waals surface area contributed by atoms with Crippen molar-refractivity contribution in [1.82, 2.24) is 0 Å². The third kappa shape index (κ3) is 3.82. The molecule has 1 unspecified atom stereocenters. The van der Waals surface area contributed by atoms with Gasteiger partial charge in [0.1, 0.15) is 5.82 Å². The average molecular weight is 298 g/mol. The van der Waals surface area contributed by atoms with E-state index in [2.05, 4.69) is 0 Å². The molecule has 112 valence electrons. The van der Waals surface area contributed by atoms with E-state index in [1.165, 1.54) is 24.3 Å². The molecule has 0 aliphatic rings. The first-order valence-corrected chi connectivity index (χ1v) is 6.37. The lowest BCUT2D eigenvalue weighted by Crippen LogP contribution is -2.07. The van der Waals surface area contributed by atoms with Gasteiger partial charge < -0.3 is 5.11 Å². The van der Waals surface area contributed by atoms with Crippen molar-refractivity contribution in [2.24, 2.45) is 0 Å². The summed E-state index contributed by atoms with van der Waals surface area (Å²) in [5, 5.41) is 10.1. The Balaban J connectivity index is 2.17. The molecule has 1 nitrogen and oxygen atoms in total. The summed E-state index contributed by atoms with van der Waals surface area (Å²) >= 11 is 0. The molecule has 0 saturated heterocycles. The lowest BCUT2D eigenvalue weighted by molar-refractivity contribution is -0.137. The predicted molar refractivity (Wildman–Crippen MR) is 71.2 cm³/mol. The lowest BCUT2D eigenvalue weighted by atomic mass is 9.97. The molecule has 0 aliphatic carbocycles. The minimum absolute atomic E-state index is 0.148. The van der Waals surface area contributed by atoms with Gasteiger partial charge in [-0.1, -0.05) is 18.2 Å². The van der Waals surface area contributed by atoms with Gasteiger partial charge in [0.05, 0.1) is 11.7 Å². The summed E-state index contributed by atoms with van der Waals surface area (Å²) in [4.78, 5) is 0. The maximum absolute atomic E-state index is 13.2. The quantitative estimate of drug-likeness (QED) is 0.831. The molecule has 0 spiro atoms. The highest BCUT2D eigenvalue weighted by molar-refractivity contribution is 5.31. The second-order valence-electron chi connectivity index (χ2n) is 4.91. The van der Waals surface area contributed by atoms with E-state index in [0.717, 1.165) is 17.7 Å². The van der Waals surface area contributed by atoms with Gasteiger partial charge in [-0.2, -0.15) is 13.2 Å². The number of aryl methyl sites for hydroxylation is 1. The topological polar surface area (TPSA) is 20.2 Å². The summed E-state index contributed by atoms with van der Waals surface area (Å²) in [6.45, 7) is 1.79. The van der Waals surface area contributed by atoms with E-state index in [-0.39, 0.29) is 6.42 Å². The Bertz CT molecular complexity index is 617. The lowest BCUT2D eigenvalue weighted by Gasteiger charge is -2.14. The fourth-order valence-corrected chi connectivity index (χ4v) is 2.08. The van der Waals surface area contributed by atoms with Crippen molar-refractivity contribution in [2.75, 3.05) is 0 Å². The molecule has 0 amide bonds. The van der Waals surface area contributed by atoms with Gasteiger partial charge in [0.2, 0.25) is 0 Å². The van der Waals surface area contributed by atoms with Gasteiger partial charge in [0.15, 0.2) is 0 Å². The van der Waals surface area contributed by atoms with Gasteiger partial charge in [-0.3, -0.25) is 0 Å². The molecule has 0 fully saturated rings. The second kappa shape index (κ2) is 5.85. The van der Waals surface area contributed by atoms with Crippen molar-refractivity contribution in [2.45, 2.75) is 25.6 Å². The number of rotatable bonds is 3. The molecule has 5 heteroatoms. The number of alkyl halides is 3. The molecule has 0 radical (unpaired) electrons. The molecule has 1 atom stereocenters. The third-order valence-corrected chi connectivity index (χ3v) is 3.35. The highest BCUT2D eigenvalue weighted by Gasteiger charge is 2.30. The minimum Gasteiger partial charge on any atom is -0.388 e. The number of hydrogen-bond acceptors (Lipinski definition) is 1. The molecule has 2 aromatic carbocycles. The maximum atomic E-state index is 13.2. The highest BCUT2D eigenvalue weighted by atomic mass is 19.4. The van der Waals surface area contributed by atoms with Gasteiger partial charge in [-0.25, -0.2) is 4.39 Å². The number of hydrogen-bond donors (Lipinski definition) is 1. The molecule has 0 bridgehead atoms. The van der Waals surface area contributed by atoms with Crippen molar-refractivity contribution in [1.29, 1.82) is 0 Å². The summed E-state index contributed by atoms with van der Waals surface area (Å²) in [5.41, 5.74) is 1.05. The molecule has 0 aliphatic heterocycles. The largest absolute Gasteiger partial charge is 0.416 e. The maximum Gasteiger partial charge on any atom is 0.416 e. The highest BCUT2D eigenvalue weighted by Crippen LogP contribution is 2.30. The van der Waals surface area contributed by atoms with Gasteiger partial charge in [0.25, 0.3) is 0 Å². The van der Waals surface area contributed by atoms with Gasteiger partial charge in [0, 0.05) is 6.42 Å². The fourth-order valence-electron chi connectivity index (χ4n) is 2.08. The first kappa shape index (κ1) is 15.5. The van der Waals surface area contributed by atoms with Crippen molar-refractivity contribution >= 4 is 0 Å². The van der Waals surface area contributed by atoms with Gasteiger partial charge in [-0.15, -0.1) is 0 Å². The van der Waals surface area contributed by atoms with Crippen LogP contribution in [0, 0.1) is 12.7 Å². The Labute approximate surface area is 119 Å². The van der Waals surface area contributed by atoms with E-state index in [1.807, 2.05) is 0 Å². The Morgan fingerprint density at radius 2 is 1.67 bits per heavy atom. The van der Waals surface area contributed by atoms with Crippen LogP contribution < -0.4 is 0 Å². The van der Waals surface area contributed by atoms with Crippen LogP contribution in [0.2, 0.25) is 0 Å². The van der Waals surface area contributed by atoms with E-state index in [1.54, 1.807) is 13.0 Å². The normalized spacial score (nSPS) is 13.2. The van der Waals surface area contributed by atoms with Crippen molar-refractivity contribution in [3.05, 3.63) is 70.5 Å². The molecular weight excluding hydrogens is 284 g/mol. The number of halogens is 4. The summed E-state index contributed by atoms with van der Waals surface area (Å²) < 4.78 is 50.6. The summed E-state index contributed by atoms with van der Waals surface area (Å²) in [5.74, 6) is -0.407. The van der Waals surface area contributed by atoms with Crippen LogP contribution in [0.3, 0.4) is 0 Å². The number of aliphatic hydroxyl groups excluding tert-OH is 1. The molecule has 0 heterocycles. The van der Waals surface area contributed by atoms with E-state index < -0.39 is 23.7 Å². The smallest absolute Gasteiger partial charge is 0.388 e. The predicted octanol–water partition coefficient (Wildman–Crippen LogP) is 4.43. The zero-order chi connectivity index (χ0) is 15.6. The monoisotopic (exact) mass is 298 g/mol. The zero-order valence-corrected chi connectivity index (χ0v) is 11.3. The first-order chi connectivity index (χ1) is 9.77. The van der Waals surface area contributed by atoms with Gasteiger partial charge in [-0.05, 0) is 47.9 Å². The Kier molecular flexibility index (Phi) is 4.32. The zero-order valence-electron chi connectivity index (χ0n) is 11.3. The Hall–Kier alpha value is -1.88. The molecule has 1 N–H and O–H groups in total. The van der Waals surface area contributed by atoms with Crippen LogP contribution in [0.25, 0.3) is 0 Å². The summed E-state index contributed by atoms with van der Waals surface area (Å²) in [6, 6.07) is 8.58. The van der Waals surface area contributed by atoms with Crippen LogP contribution in [-0.2, 0) is 12.6 Å². The SMILES string of the molecule is Cc1ccc(F)cc1CC(O)c1ccc(C(F)(F)F)cc1. The first-order valence-electron chi connectivity index (χ1n) is 6.37. The van der Waals surface area contributed by atoms with Crippen molar-refractivity contribution < 1.29 is 22.7 Å². The van der Waals surface area contributed by atoms with E-state index >= 15 is 0 Å². The van der Waals surface area contributed by atoms with Gasteiger partial charge >= 0.3 is 6.18 Å². The molecule has 0 saturated carbocycles. The molecule has 2 aromatic rings. The van der Waals surface area contributed by atoms with Crippen LogP contribution in [-0.4, -0.2) is 5.11 Å². The molecule has 2 rings (SSSR count). The average Bonchev–Trinajstić information content (AvgIpc) is 2.42. The van der Waals surface area contributed by atoms with E-state index in [9.17, 15) is 22.7 Å². The van der Waals surface area contributed by atoms with Crippen LogP contribution in [0.1, 0.15) is 28.4 Å². The van der Waals surface area contributed by atoms with Crippen molar-refractivity contribution in [3.8, 4) is 0 Å². The fraction of sp³-hybridized carbons (Fsp3) is 0.250. The van der Waals surface area contributed by atoms with Crippen LogP contribution in [0.5, 0.6) is 0 Å². The van der Waals surface area contributed by atoms with E-state index in [4.69, 9.17) is 0 Å². The van der Waals surface area contributed by atoms with E-state index in [0.29, 0.717) is 11.1 Å². The minimum atomic E-state index is -4.40. The Morgan fingerprint density at radius 3 is 2.24 bits per heavy atom. The molecule has 21 heavy (non-hydrogen) atoms. The van der Waals surface area contributed by atoms with Crippen molar-refractivity contribution in [3.63, 3.8) is 0 Å². The molecular formula is C16H14F4O. The third-order valence-electron chi connectivity index (χ3n) is 3.35. The standard InChI is InChI=1S/C16H14F4O/c1-10-2-7-14(17)8-12(10)9-15(21)11-3-5-13(6-4-11)16(18,19)20/h2-8,15,21H,9H2,1H3. The Morgan fingerprint density at radius 1 is 1.05 bits per heavy atom. The second-order valence-corrected chi connectivity index (χ2v) is 4.91. The summed E-state index contributed by atoms with van der Waals surface area (Å²) in [6.07, 6.45) is -5.23. The summed E-state index contributed by atoms with van der Waals surface area (Å²) in [7, 11) is 0. The van der Waals surface area contributed by atoms with Crippen LogP contribution >= 0.6 is 0 Å². The van der Waals surface area contributed by atoms with Crippen LogP contribution in [0.15, 0.2) is 42.5 Å². The molecule has 0 aromatic heterocycles. The number of aliphatic hydroxyl groups is 1.